The number of halogens is 2. The van der Waals surface area contributed by atoms with Crippen LogP contribution in [0.5, 0.6) is 0 Å². The molecule has 0 spiro atoms. The summed E-state index contributed by atoms with van der Waals surface area (Å²) < 4.78 is 27.9. The van der Waals surface area contributed by atoms with Crippen molar-refractivity contribution >= 4 is 11.6 Å². The summed E-state index contributed by atoms with van der Waals surface area (Å²) in [7, 11) is 0. The fourth-order valence-electron chi connectivity index (χ4n) is 2.92. The Morgan fingerprint density at radius 1 is 0.690 bits per heavy atom. The highest BCUT2D eigenvalue weighted by Gasteiger charge is 2.24. The van der Waals surface area contributed by atoms with E-state index in [1.807, 2.05) is 6.07 Å². The number of nitrogens with zero attached hydrogens (tertiary/aromatic N) is 2. The molecule has 0 aliphatic heterocycles. The number of hydrogen-bond acceptors (Lipinski definition) is 3. The molecule has 0 bridgehead atoms. The maximum Gasteiger partial charge on any atom is 0.214 e. The first-order valence-corrected chi connectivity index (χ1v) is 8.78. The van der Waals surface area contributed by atoms with Crippen LogP contribution in [0.4, 0.5) is 8.78 Å². The predicted octanol–water partition coefficient (Wildman–Crippen LogP) is 4.61. The molecular formula is C23H14F2N2O2. The lowest BCUT2D eigenvalue weighted by Crippen LogP contribution is -2.10. The third-order valence-corrected chi connectivity index (χ3v) is 4.41. The van der Waals surface area contributed by atoms with Gasteiger partial charge in [-0.05, 0) is 60.7 Å². The maximum atomic E-state index is 13.2. The van der Waals surface area contributed by atoms with Gasteiger partial charge in [-0.15, -0.1) is 0 Å². The molecule has 29 heavy (non-hydrogen) atoms. The smallest absolute Gasteiger partial charge is 0.214 e. The molecular weight excluding hydrogens is 374 g/mol. The van der Waals surface area contributed by atoms with Gasteiger partial charge in [0.15, 0.2) is 5.78 Å². The number of benzene rings is 3. The summed E-state index contributed by atoms with van der Waals surface area (Å²) in [6, 6.07) is 19.1. The van der Waals surface area contributed by atoms with E-state index in [1.54, 1.807) is 24.3 Å². The summed E-state index contributed by atoms with van der Waals surface area (Å²) >= 11 is 0. The van der Waals surface area contributed by atoms with Crippen LogP contribution in [0.2, 0.25) is 0 Å². The number of ketones is 2. The van der Waals surface area contributed by atoms with E-state index in [0.29, 0.717) is 5.69 Å². The molecule has 0 saturated carbocycles. The second-order valence-corrected chi connectivity index (χ2v) is 6.34. The molecule has 4 rings (SSSR count). The Morgan fingerprint density at radius 3 is 1.76 bits per heavy atom. The van der Waals surface area contributed by atoms with E-state index in [1.165, 1.54) is 59.4 Å². The molecule has 4 aromatic rings. The quantitative estimate of drug-likeness (QED) is 0.469. The Bertz CT molecular complexity index is 1110. The number of hydrogen-bond donors (Lipinski definition) is 0. The second kappa shape index (κ2) is 7.59. The van der Waals surface area contributed by atoms with Crippen LogP contribution < -0.4 is 0 Å². The SMILES string of the molecule is O=C(c1ccc(F)cc1)c1cn(-c2ccccc2)nc1C(=O)c1ccc(F)cc1. The average Bonchev–Trinajstić information content (AvgIpc) is 3.20. The number of aromatic nitrogens is 2. The number of carbonyl (C=O) groups excluding carboxylic acids is 2. The molecule has 0 aliphatic carbocycles. The van der Waals surface area contributed by atoms with E-state index in [4.69, 9.17) is 0 Å². The van der Waals surface area contributed by atoms with Gasteiger partial charge in [0.25, 0.3) is 0 Å². The van der Waals surface area contributed by atoms with E-state index in [-0.39, 0.29) is 22.4 Å². The van der Waals surface area contributed by atoms with Crippen molar-refractivity contribution in [3.63, 3.8) is 0 Å². The van der Waals surface area contributed by atoms with Crippen LogP contribution in [-0.4, -0.2) is 21.3 Å². The van der Waals surface area contributed by atoms with Crippen molar-refractivity contribution in [3.05, 3.63) is 119 Å². The van der Waals surface area contributed by atoms with Crippen molar-refractivity contribution in [3.8, 4) is 5.69 Å². The van der Waals surface area contributed by atoms with Crippen molar-refractivity contribution in [2.24, 2.45) is 0 Å². The zero-order valence-corrected chi connectivity index (χ0v) is 15.0. The number of rotatable bonds is 5. The second-order valence-electron chi connectivity index (χ2n) is 6.34. The van der Waals surface area contributed by atoms with Gasteiger partial charge in [-0.1, -0.05) is 18.2 Å². The number of para-hydroxylation sites is 1. The third-order valence-electron chi connectivity index (χ3n) is 4.41. The van der Waals surface area contributed by atoms with Crippen molar-refractivity contribution in [1.29, 1.82) is 0 Å². The van der Waals surface area contributed by atoms with Gasteiger partial charge in [0.05, 0.1) is 11.3 Å². The van der Waals surface area contributed by atoms with Gasteiger partial charge >= 0.3 is 0 Å². The molecule has 0 unspecified atom stereocenters. The Balaban J connectivity index is 1.82. The molecule has 1 aromatic heterocycles. The summed E-state index contributed by atoms with van der Waals surface area (Å²) in [5.74, 6) is -1.91. The minimum absolute atomic E-state index is 0.0604. The van der Waals surface area contributed by atoms with Crippen molar-refractivity contribution < 1.29 is 18.4 Å². The highest BCUT2D eigenvalue weighted by Crippen LogP contribution is 2.20. The van der Waals surface area contributed by atoms with Crippen LogP contribution >= 0.6 is 0 Å². The zero-order chi connectivity index (χ0) is 20.4. The van der Waals surface area contributed by atoms with E-state index >= 15 is 0 Å². The van der Waals surface area contributed by atoms with Crippen molar-refractivity contribution in [2.45, 2.75) is 0 Å². The molecule has 0 atom stereocenters. The van der Waals surface area contributed by atoms with E-state index in [9.17, 15) is 18.4 Å². The van der Waals surface area contributed by atoms with Gasteiger partial charge in [0.2, 0.25) is 5.78 Å². The Labute approximate surface area is 165 Å². The Morgan fingerprint density at radius 2 is 1.21 bits per heavy atom. The van der Waals surface area contributed by atoms with Crippen LogP contribution in [0.25, 0.3) is 5.69 Å². The van der Waals surface area contributed by atoms with Gasteiger partial charge in [0, 0.05) is 17.3 Å². The maximum absolute atomic E-state index is 13.2. The predicted molar refractivity (Wildman–Crippen MR) is 103 cm³/mol. The minimum Gasteiger partial charge on any atom is -0.288 e. The Hall–Kier alpha value is -3.93. The van der Waals surface area contributed by atoms with Gasteiger partial charge in [-0.25, -0.2) is 13.5 Å². The fourth-order valence-corrected chi connectivity index (χ4v) is 2.92. The molecule has 0 fully saturated rings. The third kappa shape index (κ3) is 3.73. The van der Waals surface area contributed by atoms with Crippen molar-refractivity contribution in [1.82, 2.24) is 9.78 Å². The van der Waals surface area contributed by atoms with Crippen LogP contribution in [0, 0.1) is 11.6 Å². The lowest BCUT2D eigenvalue weighted by atomic mass is 9.99. The molecule has 0 N–H and O–H groups in total. The monoisotopic (exact) mass is 388 g/mol. The molecule has 3 aromatic carbocycles. The molecule has 6 heteroatoms. The van der Waals surface area contributed by atoms with Gasteiger partial charge in [-0.3, -0.25) is 9.59 Å². The summed E-state index contributed by atoms with van der Waals surface area (Å²) in [4.78, 5) is 26.0. The van der Waals surface area contributed by atoms with Crippen LogP contribution in [-0.2, 0) is 0 Å². The highest BCUT2D eigenvalue weighted by atomic mass is 19.1. The highest BCUT2D eigenvalue weighted by molar-refractivity contribution is 6.18. The largest absolute Gasteiger partial charge is 0.288 e. The van der Waals surface area contributed by atoms with E-state index in [2.05, 4.69) is 5.10 Å². The van der Waals surface area contributed by atoms with Crippen LogP contribution in [0.1, 0.15) is 32.0 Å². The molecule has 142 valence electrons. The minimum atomic E-state index is -0.509. The van der Waals surface area contributed by atoms with Crippen molar-refractivity contribution in [2.75, 3.05) is 0 Å². The fraction of sp³-hybridized carbons (Fsp3) is 0. The first-order valence-electron chi connectivity index (χ1n) is 8.78. The lowest BCUT2D eigenvalue weighted by molar-refractivity contribution is 0.100. The molecule has 0 amide bonds. The summed E-state index contributed by atoms with van der Waals surface area (Å²) in [5.41, 5.74) is 1.12. The van der Waals surface area contributed by atoms with Gasteiger partial charge in [0.1, 0.15) is 17.3 Å². The normalized spacial score (nSPS) is 10.7. The first-order chi connectivity index (χ1) is 14.0. The molecule has 0 aliphatic rings. The lowest BCUT2D eigenvalue weighted by Gasteiger charge is -2.02. The van der Waals surface area contributed by atoms with Crippen LogP contribution in [0.3, 0.4) is 0 Å². The van der Waals surface area contributed by atoms with E-state index in [0.717, 1.165) is 0 Å². The standard InChI is InChI=1S/C23H14F2N2O2/c24-17-10-6-15(7-11-17)22(28)20-14-27(19-4-2-1-3-5-19)26-21(20)23(29)16-8-12-18(25)13-9-16/h1-14H. The Kier molecular flexibility index (Phi) is 4.83. The molecule has 1 heterocycles. The summed E-state index contributed by atoms with van der Waals surface area (Å²) in [5, 5.41) is 4.32. The first kappa shape index (κ1) is 18.4. The zero-order valence-electron chi connectivity index (χ0n) is 15.0. The van der Waals surface area contributed by atoms with E-state index < -0.39 is 23.2 Å². The topological polar surface area (TPSA) is 52.0 Å². The summed E-state index contributed by atoms with van der Waals surface area (Å²) in [6.45, 7) is 0. The average molecular weight is 388 g/mol. The van der Waals surface area contributed by atoms with Gasteiger partial charge in [-0.2, -0.15) is 5.10 Å². The molecule has 0 saturated heterocycles. The number of carbonyl (C=O) groups is 2. The van der Waals surface area contributed by atoms with Gasteiger partial charge < -0.3 is 0 Å². The van der Waals surface area contributed by atoms with Crippen LogP contribution in [0.15, 0.2) is 85.1 Å². The molecule has 0 radical (unpaired) electrons. The molecule has 4 nitrogen and oxygen atoms in total. The summed E-state index contributed by atoms with van der Waals surface area (Å²) in [6.07, 6.45) is 1.47.